The first-order valence-corrected chi connectivity index (χ1v) is 10.7. The lowest BCUT2D eigenvalue weighted by Gasteiger charge is -2.53. The number of rotatable bonds is 4. The lowest BCUT2D eigenvalue weighted by molar-refractivity contribution is -0.0660. The predicted molar refractivity (Wildman–Crippen MR) is 95.8 cm³/mol. The minimum atomic E-state index is -0.187. The highest BCUT2D eigenvalue weighted by atomic mass is 16.3. The molecule has 0 aromatic rings. The average molecular weight is 353 g/mol. The van der Waals surface area contributed by atoms with Gasteiger partial charge in [-0.3, -0.25) is 0 Å². The summed E-state index contributed by atoms with van der Waals surface area (Å²) in [6, 6.07) is 0. The number of aliphatic hydroxyl groups excluding tert-OH is 4. The molecule has 4 fully saturated rings. The summed E-state index contributed by atoms with van der Waals surface area (Å²) >= 11 is 0. The van der Waals surface area contributed by atoms with E-state index >= 15 is 0 Å². The third-order valence-electron chi connectivity index (χ3n) is 8.45. The molecule has 144 valence electrons. The van der Waals surface area contributed by atoms with Crippen molar-refractivity contribution in [2.45, 2.75) is 101 Å². The topological polar surface area (TPSA) is 80.9 Å². The van der Waals surface area contributed by atoms with E-state index in [4.69, 9.17) is 0 Å². The van der Waals surface area contributed by atoms with Gasteiger partial charge in [0.05, 0.1) is 24.4 Å². The Bertz CT molecular complexity index is 381. The van der Waals surface area contributed by atoms with Crippen molar-refractivity contribution in [3.63, 3.8) is 0 Å². The Morgan fingerprint density at radius 1 is 0.400 bits per heavy atom. The number of aliphatic hydroxyl groups is 4. The second kappa shape index (κ2) is 7.10. The van der Waals surface area contributed by atoms with Crippen LogP contribution >= 0.6 is 0 Å². The van der Waals surface area contributed by atoms with Gasteiger partial charge in [-0.1, -0.05) is 0 Å². The van der Waals surface area contributed by atoms with E-state index in [1.54, 1.807) is 0 Å². The molecule has 4 saturated carbocycles. The first kappa shape index (κ1) is 18.2. The summed E-state index contributed by atoms with van der Waals surface area (Å²) in [5.41, 5.74) is 0.101. The van der Waals surface area contributed by atoms with E-state index < -0.39 is 0 Å². The maximum atomic E-state index is 10.3. The second-order valence-electron chi connectivity index (χ2n) is 9.66. The zero-order chi connectivity index (χ0) is 17.6. The molecule has 0 aliphatic heterocycles. The molecule has 0 aromatic carbocycles. The number of hydrogen-bond acceptors (Lipinski definition) is 4. The highest BCUT2D eigenvalue weighted by Crippen LogP contribution is 2.64. The van der Waals surface area contributed by atoms with Gasteiger partial charge in [0.25, 0.3) is 0 Å². The molecule has 25 heavy (non-hydrogen) atoms. The largest absolute Gasteiger partial charge is 0.393 e. The SMILES string of the molecule is OC1CCC(C(C2CCC(O)C2)(C2CCC(O)C2)C2CCC(O)C2)C1. The molecule has 4 nitrogen and oxygen atoms in total. The molecule has 0 heterocycles. The Balaban J connectivity index is 1.73. The summed E-state index contributed by atoms with van der Waals surface area (Å²) in [7, 11) is 0. The molecule has 4 aliphatic rings. The second-order valence-corrected chi connectivity index (χ2v) is 9.66. The minimum Gasteiger partial charge on any atom is -0.393 e. The van der Waals surface area contributed by atoms with Gasteiger partial charge < -0.3 is 20.4 Å². The van der Waals surface area contributed by atoms with Crippen molar-refractivity contribution >= 4 is 0 Å². The fourth-order valence-electron chi connectivity index (χ4n) is 7.65. The Hall–Kier alpha value is -0.160. The van der Waals surface area contributed by atoms with E-state index in [0.717, 1.165) is 77.0 Å². The molecule has 8 unspecified atom stereocenters. The average Bonchev–Trinajstić information content (AvgIpc) is 3.33. The molecular formula is C21H36O4. The van der Waals surface area contributed by atoms with Gasteiger partial charge >= 0.3 is 0 Å². The van der Waals surface area contributed by atoms with Crippen LogP contribution in [0.3, 0.4) is 0 Å². The van der Waals surface area contributed by atoms with Crippen molar-refractivity contribution in [2.24, 2.45) is 29.1 Å². The molecule has 0 saturated heterocycles. The molecule has 4 heteroatoms. The molecule has 4 aliphatic carbocycles. The van der Waals surface area contributed by atoms with Gasteiger partial charge in [-0.25, -0.2) is 0 Å². The maximum absolute atomic E-state index is 10.3. The normalized spacial score (nSPS) is 50.4. The summed E-state index contributed by atoms with van der Waals surface area (Å²) in [4.78, 5) is 0. The predicted octanol–water partition coefficient (Wildman–Crippen LogP) is 2.62. The molecule has 0 spiro atoms. The fraction of sp³-hybridized carbons (Fsp3) is 1.00. The third-order valence-corrected chi connectivity index (χ3v) is 8.45. The van der Waals surface area contributed by atoms with E-state index in [2.05, 4.69) is 0 Å². The van der Waals surface area contributed by atoms with Crippen LogP contribution in [0.4, 0.5) is 0 Å². The summed E-state index contributed by atoms with van der Waals surface area (Å²) in [5.74, 6) is 1.96. The van der Waals surface area contributed by atoms with Crippen LogP contribution in [0.2, 0.25) is 0 Å². The monoisotopic (exact) mass is 352 g/mol. The van der Waals surface area contributed by atoms with E-state index in [-0.39, 0.29) is 29.8 Å². The molecule has 4 rings (SSSR count). The first-order chi connectivity index (χ1) is 12.0. The third kappa shape index (κ3) is 3.18. The van der Waals surface area contributed by atoms with Crippen LogP contribution < -0.4 is 0 Å². The Labute approximate surface area is 151 Å². The van der Waals surface area contributed by atoms with Crippen molar-refractivity contribution in [3.05, 3.63) is 0 Å². The standard InChI is InChI=1S/C21H36O4/c22-17-5-1-13(9-17)21(14-2-6-18(23)10-14,15-3-7-19(24)11-15)16-4-8-20(25)12-16/h13-20,22-25H,1-12H2. The highest BCUT2D eigenvalue weighted by Gasteiger charge is 2.59. The fourth-order valence-corrected chi connectivity index (χ4v) is 7.65. The van der Waals surface area contributed by atoms with Crippen LogP contribution in [-0.2, 0) is 0 Å². The van der Waals surface area contributed by atoms with Crippen molar-refractivity contribution in [1.82, 2.24) is 0 Å². The molecule has 0 aromatic heterocycles. The lowest BCUT2D eigenvalue weighted by Crippen LogP contribution is -2.48. The molecule has 8 atom stereocenters. The van der Waals surface area contributed by atoms with E-state index in [0.29, 0.717) is 23.7 Å². The van der Waals surface area contributed by atoms with Gasteiger partial charge in [-0.05, 0) is 106 Å². The van der Waals surface area contributed by atoms with Crippen molar-refractivity contribution in [3.8, 4) is 0 Å². The van der Waals surface area contributed by atoms with Crippen molar-refractivity contribution in [1.29, 1.82) is 0 Å². The zero-order valence-corrected chi connectivity index (χ0v) is 15.4. The van der Waals surface area contributed by atoms with Crippen LogP contribution in [-0.4, -0.2) is 44.8 Å². The summed E-state index contributed by atoms with van der Waals surface area (Å²) < 4.78 is 0. The van der Waals surface area contributed by atoms with Gasteiger partial charge in [-0.15, -0.1) is 0 Å². The van der Waals surface area contributed by atoms with Gasteiger partial charge in [0.15, 0.2) is 0 Å². The van der Waals surface area contributed by atoms with Gasteiger partial charge in [0.2, 0.25) is 0 Å². The van der Waals surface area contributed by atoms with Crippen LogP contribution in [0.15, 0.2) is 0 Å². The van der Waals surface area contributed by atoms with E-state index in [9.17, 15) is 20.4 Å². The van der Waals surface area contributed by atoms with Crippen LogP contribution in [0.1, 0.15) is 77.0 Å². The quantitative estimate of drug-likeness (QED) is 0.627. The summed E-state index contributed by atoms with van der Waals surface area (Å²) in [5, 5.41) is 41.2. The lowest BCUT2D eigenvalue weighted by atomic mass is 9.51. The Morgan fingerprint density at radius 2 is 0.640 bits per heavy atom. The molecule has 0 bridgehead atoms. The minimum absolute atomic E-state index is 0.101. The van der Waals surface area contributed by atoms with E-state index in [1.165, 1.54) is 0 Å². The zero-order valence-electron chi connectivity index (χ0n) is 15.4. The molecule has 0 amide bonds. The summed E-state index contributed by atoms with van der Waals surface area (Å²) in [6.45, 7) is 0. The first-order valence-electron chi connectivity index (χ1n) is 10.7. The Kier molecular flexibility index (Phi) is 5.18. The maximum Gasteiger partial charge on any atom is 0.0543 e. The highest BCUT2D eigenvalue weighted by molar-refractivity contribution is 5.08. The number of hydrogen-bond donors (Lipinski definition) is 4. The van der Waals surface area contributed by atoms with Crippen molar-refractivity contribution < 1.29 is 20.4 Å². The van der Waals surface area contributed by atoms with E-state index in [1.807, 2.05) is 0 Å². The molecule has 4 N–H and O–H groups in total. The van der Waals surface area contributed by atoms with Crippen LogP contribution in [0.5, 0.6) is 0 Å². The smallest absolute Gasteiger partial charge is 0.0543 e. The van der Waals surface area contributed by atoms with Gasteiger partial charge in [0.1, 0.15) is 0 Å². The van der Waals surface area contributed by atoms with Crippen LogP contribution in [0.25, 0.3) is 0 Å². The van der Waals surface area contributed by atoms with Crippen LogP contribution in [0, 0.1) is 29.1 Å². The molecular weight excluding hydrogens is 316 g/mol. The Morgan fingerprint density at radius 3 is 0.800 bits per heavy atom. The summed E-state index contributed by atoms with van der Waals surface area (Å²) in [6.07, 6.45) is 10.7. The van der Waals surface area contributed by atoms with Gasteiger partial charge in [0, 0.05) is 0 Å². The molecule has 0 radical (unpaired) electrons. The van der Waals surface area contributed by atoms with Gasteiger partial charge in [-0.2, -0.15) is 0 Å². The van der Waals surface area contributed by atoms with Crippen molar-refractivity contribution in [2.75, 3.05) is 0 Å².